The summed E-state index contributed by atoms with van der Waals surface area (Å²) in [5.74, 6) is -1.02. The van der Waals surface area contributed by atoms with Gasteiger partial charge in [0.05, 0.1) is 4.90 Å². The number of benzene rings is 1. The van der Waals surface area contributed by atoms with Gasteiger partial charge in [0.1, 0.15) is 6.04 Å². The van der Waals surface area contributed by atoms with Crippen LogP contribution in [-0.4, -0.2) is 50.0 Å². The summed E-state index contributed by atoms with van der Waals surface area (Å²) in [6.45, 7) is 1.88. The molecular weight excluding hydrogens is 364 g/mol. The van der Waals surface area contributed by atoms with Crippen LogP contribution in [0.3, 0.4) is 0 Å². The Kier molecular flexibility index (Phi) is 8.95. The summed E-state index contributed by atoms with van der Waals surface area (Å²) in [6, 6.07) is 6.94. The maximum absolute atomic E-state index is 12.4. The first-order valence-electron chi connectivity index (χ1n) is 7.82. The van der Waals surface area contributed by atoms with E-state index in [2.05, 4.69) is 10.0 Å². The number of amides is 1. The summed E-state index contributed by atoms with van der Waals surface area (Å²) in [5.41, 5.74) is 0. The highest BCUT2D eigenvalue weighted by molar-refractivity contribution is 7.98. The normalized spacial score (nSPS) is 13.8. The molecule has 1 amide bonds. The molecule has 0 spiro atoms. The van der Waals surface area contributed by atoms with Crippen molar-refractivity contribution < 1.29 is 23.1 Å². The predicted molar refractivity (Wildman–Crippen MR) is 98.0 cm³/mol. The van der Waals surface area contributed by atoms with E-state index >= 15 is 0 Å². The molecule has 3 N–H and O–H groups in total. The van der Waals surface area contributed by atoms with Crippen molar-refractivity contribution in [1.29, 1.82) is 0 Å². The minimum atomic E-state index is -3.81. The molecule has 1 aromatic rings. The molecule has 2 atom stereocenters. The minimum Gasteiger partial charge on any atom is -0.481 e. The van der Waals surface area contributed by atoms with E-state index in [-0.39, 0.29) is 23.8 Å². The van der Waals surface area contributed by atoms with Crippen molar-refractivity contribution in [2.75, 3.05) is 18.6 Å². The first-order chi connectivity index (χ1) is 11.8. The van der Waals surface area contributed by atoms with E-state index in [0.717, 1.165) is 0 Å². The van der Waals surface area contributed by atoms with Crippen LogP contribution in [0.15, 0.2) is 35.2 Å². The fraction of sp³-hybridized carbons (Fsp3) is 0.500. The minimum absolute atomic E-state index is 0.0640. The van der Waals surface area contributed by atoms with Gasteiger partial charge in [0.25, 0.3) is 0 Å². The van der Waals surface area contributed by atoms with Crippen molar-refractivity contribution in [3.63, 3.8) is 0 Å². The Bertz CT molecular complexity index is 664. The molecular formula is C16H24N2O5S2. The van der Waals surface area contributed by atoms with Crippen molar-refractivity contribution >= 4 is 33.7 Å². The van der Waals surface area contributed by atoms with Crippen LogP contribution >= 0.6 is 11.8 Å². The molecule has 0 radical (unpaired) electrons. The first kappa shape index (κ1) is 21.5. The lowest BCUT2D eigenvalue weighted by Gasteiger charge is -2.19. The number of hydrogen-bond donors (Lipinski definition) is 3. The molecule has 0 aliphatic rings. The number of hydrogen-bond acceptors (Lipinski definition) is 5. The molecule has 0 saturated carbocycles. The third-order valence-corrected chi connectivity index (χ3v) is 5.56. The van der Waals surface area contributed by atoms with Gasteiger partial charge in [0.2, 0.25) is 15.9 Å². The zero-order chi connectivity index (χ0) is 18.9. The molecule has 0 aliphatic carbocycles. The number of nitrogens with one attached hydrogen (secondary N) is 2. The van der Waals surface area contributed by atoms with Crippen LogP contribution < -0.4 is 10.0 Å². The topological polar surface area (TPSA) is 113 Å². The van der Waals surface area contributed by atoms with Crippen molar-refractivity contribution in [2.24, 2.45) is 5.92 Å². The molecule has 7 nitrogen and oxygen atoms in total. The highest BCUT2D eigenvalue weighted by Gasteiger charge is 2.25. The van der Waals surface area contributed by atoms with E-state index in [4.69, 9.17) is 5.11 Å². The number of thioether (sulfide) groups is 1. The Morgan fingerprint density at radius 3 is 2.44 bits per heavy atom. The second kappa shape index (κ2) is 10.4. The number of aliphatic carboxylic acids is 1. The van der Waals surface area contributed by atoms with Crippen molar-refractivity contribution in [1.82, 2.24) is 10.0 Å². The van der Waals surface area contributed by atoms with Gasteiger partial charge in [-0.25, -0.2) is 8.42 Å². The lowest BCUT2D eigenvalue weighted by atomic mass is 10.1. The zero-order valence-electron chi connectivity index (χ0n) is 14.3. The van der Waals surface area contributed by atoms with Crippen LogP contribution in [0.25, 0.3) is 0 Å². The number of rotatable bonds is 11. The Balaban J connectivity index is 2.76. The van der Waals surface area contributed by atoms with Gasteiger partial charge >= 0.3 is 5.97 Å². The molecule has 0 aromatic heterocycles. The summed E-state index contributed by atoms with van der Waals surface area (Å²) in [7, 11) is -3.81. The largest absolute Gasteiger partial charge is 0.481 e. The van der Waals surface area contributed by atoms with Crippen molar-refractivity contribution in [3.8, 4) is 0 Å². The van der Waals surface area contributed by atoms with E-state index in [1.165, 1.54) is 23.9 Å². The molecule has 0 heterocycles. The average molecular weight is 389 g/mol. The molecule has 0 bridgehead atoms. The molecule has 1 aromatic carbocycles. The second-order valence-corrected chi connectivity index (χ2v) is 8.42. The highest BCUT2D eigenvalue weighted by atomic mass is 32.2. The van der Waals surface area contributed by atoms with Gasteiger partial charge in [0.15, 0.2) is 0 Å². The zero-order valence-corrected chi connectivity index (χ0v) is 15.9. The number of carbonyl (C=O) groups excluding carboxylic acids is 1. The maximum Gasteiger partial charge on any atom is 0.303 e. The van der Waals surface area contributed by atoms with Crippen molar-refractivity contribution in [3.05, 3.63) is 30.3 Å². The third-order valence-electron chi connectivity index (χ3n) is 3.43. The summed E-state index contributed by atoms with van der Waals surface area (Å²) >= 11 is 1.51. The highest BCUT2D eigenvalue weighted by Crippen LogP contribution is 2.11. The monoisotopic (exact) mass is 388 g/mol. The Hall–Kier alpha value is -1.58. The van der Waals surface area contributed by atoms with Crippen LogP contribution in [0.2, 0.25) is 0 Å². The van der Waals surface area contributed by atoms with Gasteiger partial charge in [-0.3, -0.25) is 9.59 Å². The number of carboxylic acid groups (broad SMARTS) is 1. The predicted octanol–water partition coefficient (Wildman–Crippen LogP) is 1.31. The summed E-state index contributed by atoms with van der Waals surface area (Å²) in [4.78, 5) is 23.1. The van der Waals surface area contributed by atoms with E-state index in [9.17, 15) is 18.0 Å². The van der Waals surface area contributed by atoms with Gasteiger partial charge < -0.3 is 10.4 Å². The van der Waals surface area contributed by atoms with Gasteiger partial charge in [-0.05, 0) is 36.5 Å². The fourth-order valence-corrected chi connectivity index (χ4v) is 3.82. The van der Waals surface area contributed by atoms with E-state index in [0.29, 0.717) is 12.2 Å². The SMILES string of the molecule is CSCCC(NS(=O)(=O)c1ccccc1)C(=O)NCC(C)CC(=O)O. The quantitative estimate of drug-likeness (QED) is 0.527. The van der Waals surface area contributed by atoms with E-state index in [1.807, 2.05) is 6.26 Å². The molecule has 25 heavy (non-hydrogen) atoms. The Morgan fingerprint density at radius 1 is 1.24 bits per heavy atom. The third kappa shape index (κ3) is 7.89. The summed E-state index contributed by atoms with van der Waals surface area (Å²) in [5, 5.41) is 11.4. The van der Waals surface area contributed by atoms with E-state index < -0.39 is 27.9 Å². The first-order valence-corrected chi connectivity index (χ1v) is 10.7. The Labute approximate surface area is 152 Å². The van der Waals surface area contributed by atoms with Crippen LogP contribution in [0.1, 0.15) is 19.8 Å². The van der Waals surface area contributed by atoms with Gasteiger partial charge in [0, 0.05) is 13.0 Å². The molecule has 9 heteroatoms. The van der Waals surface area contributed by atoms with Gasteiger partial charge in [-0.15, -0.1) is 0 Å². The molecule has 0 aliphatic heterocycles. The van der Waals surface area contributed by atoms with Gasteiger partial charge in [-0.1, -0.05) is 25.1 Å². The summed E-state index contributed by atoms with van der Waals surface area (Å²) in [6.07, 6.45) is 2.15. The number of carboxylic acids is 1. The Morgan fingerprint density at radius 2 is 1.88 bits per heavy atom. The molecule has 2 unspecified atom stereocenters. The van der Waals surface area contributed by atoms with Crippen molar-refractivity contribution in [2.45, 2.75) is 30.7 Å². The molecule has 1 rings (SSSR count). The number of carbonyl (C=O) groups is 2. The average Bonchev–Trinajstić information content (AvgIpc) is 2.56. The second-order valence-electron chi connectivity index (χ2n) is 5.72. The lowest BCUT2D eigenvalue weighted by Crippen LogP contribution is -2.47. The number of sulfonamides is 1. The molecule has 0 fully saturated rings. The van der Waals surface area contributed by atoms with Gasteiger partial charge in [-0.2, -0.15) is 16.5 Å². The molecule has 140 valence electrons. The van der Waals surface area contributed by atoms with Crippen LogP contribution in [-0.2, 0) is 19.6 Å². The van der Waals surface area contributed by atoms with E-state index in [1.54, 1.807) is 25.1 Å². The summed E-state index contributed by atoms with van der Waals surface area (Å²) < 4.78 is 27.3. The van der Waals surface area contributed by atoms with Crippen LogP contribution in [0.4, 0.5) is 0 Å². The maximum atomic E-state index is 12.4. The molecule has 0 saturated heterocycles. The smallest absolute Gasteiger partial charge is 0.303 e. The fourth-order valence-electron chi connectivity index (χ4n) is 2.10. The van der Waals surface area contributed by atoms with Crippen LogP contribution in [0, 0.1) is 5.92 Å². The standard InChI is InChI=1S/C16H24N2O5S2/c1-12(10-15(19)20)11-17-16(21)14(8-9-24-2)18-25(22,23)13-6-4-3-5-7-13/h3-7,12,14,18H,8-11H2,1-2H3,(H,17,21)(H,19,20). The lowest BCUT2D eigenvalue weighted by molar-refractivity contribution is -0.138. The van der Waals surface area contributed by atoms with Crippen LogP contribution in [0.5, 0.6) is 0 Å².